The summed E-state index contributed by atoms with van der Waals surface area (Å²) in [6.07, 6.45) is -0.187. The lowest BCUT2D eigenvalue weighted by Crippen LogP contribution is -2.03. The number of carbonyl (C=O) groups is 1. The molecular formula is C20H16O7. The summed E-state index contributed by atoms with van der Waals surface area (Å²) >= 11 is 0. The molecule has 0 spiro atoms. The summed E-state index contributed by atoms with van der Waals surface area (Å²) in [4.78, 5) is 23.0. The van der Waals surface area contributed by atoms with Crippen molar-refractivity contribution in [3.63, 3.8) is 0 Å². The number of phenolic OH excluding ortho intramolecular Hbond substituents is 2. The molecule has 0 aliphatic rings. The molecule has 3 aromatic rings. The van der Waals surface area contributed by atoms with Gasteiger partial charge in [0, 0.05) is 24.1 Å². The van der Waals surface area contributed by atoms with Crippen LogP contribution in [0.5, 0.6) is 17.2 Å². The van der Waals surface area contributed by atoms with E-state index in [9.17, 15) is 19.8 Å². The number of phenols is 2. The number of aliphatic carboxylic acids is 1. The Labute approximate surface area is 153 Å². The number of aromatic hydroxyl groups is 2. The Kier molecular flexibility index (Phi) is 4.85. The number of hydrogen-bond donors (Lipinski definition) is 3. The van der Waals surface area contributed by atoms with E-state index >= 15 is 0 Å². The number of ether oxygens (including phenoxy) is 1. The summed E-state index contributed by atoms with van der Waals surface area (Å²) in [5.74, 6) is -2.19. The van der Waals surface area contributed by atoms with Gasteiger partial charge in [-0.1, -0.05) is 36.9 Å². The molecule has 0 amide bonds. The maximum absolute atomic E-state index is 12.4. The molecule has 7 nitrogen and oxygen atoms in total. The van der Waals surface area contributed by atoms with Gasteiger partial charge in [-0.25, -0.2) is 0 Å². The van der Waals surface area contributed by atoms with Crippen molar-refractivity contribution in [1.29, 1.82) is 0 Å². The molecule has 138 valence electrons. The fourth-order valence-electron chi connectivity index (χ4n) is 2.54. The van der Waals surface area contributed by atoms with Crippen molar-refractivity contribution in [2.45, 2.75) is 12.8 Å². The van der Waals surface area contributed by atoms with Gasteiger partial charge in [0.15, 0.2) is 16.9 Å². The minimum Gasteiger partial charge on any atom is -0.504 e. The van der Waals surface area contributed by atoms with Gasteiger partial charge >= 0.3 is 5.97 Å². The van der Waals surface area contributed by atoms with Crippen LogP contribution in [0, 0.1) is 0 Å². The maximum Gasteiger partial charge on any atom is 0.303 e. The Balaban J connectivity index is 2.06. The zero-order valence-corrected chi connectivity index (χ0v) is 14.1. The molecular weight excluding hydrogens is 352 g/mol. The van der Waals surface area contributed by atoms with Crippen LogP contribution in [-0.4, -0.2) is 21.3 Å². The number of rotatable bonds is 6. The summed E-state index contributed by atoms with van der Waals surface area (Å²) in [5.41, 5.74) is 0.147. The standard InChI is InChI=1S/C20H16O7/c1-11(7-8-17(22)23)26-16-10-15-18(20(25)19(16)24)13(21)9-14(27-15)12-5-3-2-4-6-12/h2-6,9-10,24-25H,1,7-8H2,(H,22,23). The highest BCUT2D eigenvalue weighted by molar-refractivity contribution is 5.89. The van der Waals surface area contributed by atoms with Crippen molar-refractivity contribution in [3.8, 4) is 28.6 Å². The van der Waals surface area contributed by atoms with E-state index in [4.69, 9.17) is 14.3 Å². The molecule has 7 heteroatoms. The number of hydrogen-bond acceptors (Lipinski definition) is 6. The summed E-state index contributed by atoms with van der Waals surface area (Å²) in [5, 5.41) is 28.8. The predicted octanol–water partition coefficient (Wildman–Crippen LogP) is 3.63. The number of carboxylic acids is 1. The lowest BCUT2D eigenvalue weighted by Gasteiger charge is -2.12. The van der Waals surface area contributed by atoms with E-state index in [1.165, 1.54) is 12.1 Å². The van der Waals surface area contributed by atoms with Gasteiger partial charge < -0.3 is 24.5 Å². The summed E-state index contributed by atoms with van der Waals surface area (Å²) in [6, 6.07) is 11.4. The molecule has 0 saturated heterocycles. The largest absolute Gasteiger partial charge is 0.504 e. The van der Waals surface area contributed by atoms with Crippen LogP contribution in [0.3, 0.4) is 0 Å². The quantitative estimate of drug-likeness (QED) is 0.449. The van der Waals surface area contributed by atoms with E-state index in [1.807, 2.05) is 6.07 Å². The lowest BCUT2D eigenvalue weighted by molar-refractivity contribution is -0.137. The number of fused-ring (bicyclic) bond motifs is 1. The Hall–Kier alpha value is -3.74. The van der Waals surface area contributed by atoms with Crippen molar-refractivity contribution in [2.75, 3.05) is 0 Å². The SMILES string of the molecule is C=C(CCC(=O)O)Oc1cc2oc(-c3ccccc3)cc(=O)c2c(O)c1O. The highest BCUT2D eigenvalue weighted by Crippen LogP contribution is 2.42. The topological polar surface area (TPSA) is 117 Å². The van der Waals surface area contributed by atoms with Gasteiger partial charge in [0.1, 0.15) is 16.7 Å². The van der Waals surface area contributed by atoms with Crippen LogP contribution in [0.25, 0.3) is 22.3 Å². The first-order valence-corrected chi connectivity index (χ1v) is 8.02. The second kappa shape index (κ2) is 7.25. The minimum absolute atomic E-state index is 0.0117. The third-order valence-electron chi connectivity index (χ3n) is 3.86. The average Bonchev–Trinajstić information content (AvgIpc) is 2.64. The molecule has 0 saturated carbocycles. The average molecular weight is 368 g/mol. The predicted molar refractivity (Wildman–Crippen MR) is 97.9 cm³/mol. The third-order valence-corrected chi connectivity index (χ3v) is 3.86. The van der Waals surface area contributed by atoms with Crippen LogP contribution < -0.4 is 10.2 Å². The zero-order chi connectivity index (χ0) is 19.6. The Morgan fingerprint density at radius 1 is 1.07 bits per heavy atom. The van der Waals surface area contributed by atoms with E-state index in [0.717, 1.165) is 0 Å². The van der Waals surface area contributed by atoms with E-state index in [-0.39, 0.29) is 41.1 Å². The number of benzene rings is 2. The van der Waals surface area contributed by atoms with Crippen molar-refractivity contribution in [3.05, 3.63) is 65.0 Å². The van der Waals surface area contributed by atoms with Crippen molar-refractivity contribution >= 4 is 16.9 Å². The van der Waals surface area contributed by atoms with Gasteiger partial charge in [-0.05, 0) is 0 Å². The maximum atomic E-state index is 12.4. The van der Waals surface area contributed by atoms with Crippen molar-refractivity contribution < 1.29 is 29.3 Å². The molecule has 2 aromatic carbocycles. The van der Waals surface area contributed by atoms with Crippen LogP contribution in [0.2, 0.25) is 0 Å². The Morgan fingerprint density at radius 2 is 1.78 bits per heavy atom. The van der Waals surface area contributed by atoms with Crippen LogP contribution >= 0.6 is 0 Å². The molecule has 27 heavy (non-hydrogen) atoms. The number of allylic oxidation sites excluding steroid dienone is 1. The summed E-state index contributed by atoms with van der Waals surface area (Å²) < 4.78 is 11.1. The fraction of sp³-hybridized carbons (Fsp3) is 0.100. The molecule has 0 bridgehead atoms. The molecule has 0 aliphatic heterocycles. The van der Waals surface area contributed by atoms with Gasteiger partial charge in [0.2, 0.25) is 5.75 Å². The van der Waals surface area contributed by atoms with E-state index in [2.05, 4.69) is 6.58 Å². The first kappa shape index (κ1) is 18.1. The molecule has 1 heterocycles. The van der Waals surface area contributed by atoms with Crippen LogP contribution in [0.1, 0.15) is 12.8 Å². The Bertz CT molecular complexity index is 1080. The van der Waals surface area contributed by atoms with Crippen LogP contribution in [0.15, 0.2) is 64.0 Å². The highest BCUT2D eigenvalue weighted by Gasteiger charge is 2.19. The van der Waals surface area contributed by atoms with Gasteiger partial charge in [-0.15, -0.1) is 0 Å². The van der Waals surface area contributed by atoms with Crippen LogP contribution in [-0.2, 0) is 4.79 Å². The van der Waals surface area contributed by atoms with Gasteiger partial charge in [-0.2, -0.15) is 0 Å². The normalized spacial score (nSPS) is 10.7. The number of carboxylic acid groups (broad SMARTS) is 1. The molecule has 1 aromatic heterocycles. The molecule has 0 fully saturated rings. The minimum atomic E-state index is -1.02. The van der Waals surface area contributed by atoms with E-state index in [1.54, 1.807) is 24.3 Å². The Morgan fingerprint density at radius 3 is 2.44 bits per heavy atom. The molecule has 3 rings (SSSR count). The third kappa shape index (κ3) is 3.77. The summed E-state index contributed by atoms with van der Waals surface area (Å²) in [7, 11) is 0. The molecule has 0 atom stereocenters. The van der Waals surface area contributed by atoms with Gasteiger partial charge in [-0.3, -0.25) is 9.59 Å². The van der Waals surface area contributed by atoms with Crippen LogP contribution in [0.4, 0.5) is 0 Å². The molecule has 3 N–H and O–H groups in total. The second-order valence-corrected chi connectivity index (χ2v) is 5.82. The highest BCUT2D eigenvalue weighted by atomic mass is 16.5. The van der Waals surface area contributed by atoms with Crippen molar-refractivity contribution in [2.24, 2.45) is 0 Å². The second-order valence-electron chi connectivity index (χ2n) is 5.82. The first-order chi connectivity index (χ1) is 12.9. The summed E-state index contributed by atoms with van der Waals surface area (Å²) in [6.45, 7) is 3.58. The van der Waals surface area contributed by atoms with E-state index in [0.29, 0.717) is 5.56 Å². The fourth-order valence-corrected chi connectivity index (χ4v) is 2.54. The monoisotopic (exact) mass is 368 g/mol. The first-order valence-electron chi connectivity index (χ1n) is 8.02. The van der Waals surface area contributed by atoms with Gasteiger partial charge in [0.25, 0.3) is 0 Å². The zero-order valence-electron chi connectivity index (χ0n) is 14.1. The molecule has 0 unspecified atom stereocenters. The molecule has 0 radical (unpaired) electrons. The smallest absolute Gasteiger partial charge is 0.303 e. The van der Waals surface area contributed by atoms with Gasteiger partial charge in [0.05, 0.1) is 12.2 Å². The van der Waals surface area contributed by atoms with E-state index < -0.39 is 22.9 Å². The molecule has 0 aliphatic carbocycles. The van der Waals surface area contributed by atoms with Crippen molar-refractivity contribution in [1.82, 2.24) is 0 Å². The lowest BCUT2D eigenvalue weighted by atomic mass is 10.1.